The van der Waals surface area contributed by atoms with Crippen LogP contribution < -0.4 is 19.3 Å². The number of rotatable bonds is 6. The topological polar surface area (TPSA) is 60.5 Å². The molecule has 1 fully saturated rings. The molecule has 3 N–H and O–H groups in total. The van der Waals surface area contributed by atoms with E-state index < -0.39 is 0 Å². The summed E-state index contributed by atoms with van der Waals surface area (Å²) < 4.78 is 10.5. The molecule has 0 radical (unpaired) electrons. The minimum atomic E-state index is 0.0633. The lowest BCUT2D eigenvalue weighted by Crippen LogP contribution is -3.27. The fourth-order valence-electron chi connectivity index (χ4n) is 3.41. The van der Waals surface area contributed by atoms with Crippen LogP contribution in [0.15, 0.2) is 36.5 Å². The molecule has 0 amide bonds. The highest BCUT2D eigenvalue weighted by molar-refractivity contribution is 5.52. The third-order valence-corrected chi connectivity index (χ3v) is 4.82. The molecular weight excluding hydrogens is 318 g/mol. The second kappa shape index (κ2) is 8.18. The third-order valence-electron chi connectivity index (χ3n) is 4.82. The quantitative estimate of drug-likeness (QED) is 0.647. The Balaban J connectivity index is 1.57. The largest absolute Gasteiger partial charge is 0.502 e. The van der Waals surface area contributed by atoms with Crippen LogP contribution in [0.3, 0.4) is 0 Å². The maximum atomic E-state index is 10.0. The van der Waals surface area contributed by atoms with Crippen LogP contribution in [0.2, 0.25) is 0 Å². The van der Waals surface area contributed by atoms with Gasteiger partial charge < -0.3 is 24.4 Å². The number of ether oxygens (including phenoxy) is 2. The van der Waals surface area contributed by atoms with Crippen molar-refractivity contribution < 1.29 is 24.4 Å². The molecule has 1 aromatic heterocycles. The number of aromatic hydroxyl groups is 1. The summed E-state index contributed by atoms with van der Waals surface area (Å²) in [5.41, 5.74) is 2.28. The molecule has 2 aromatic rings. The number of benzene rings is 1. The average molecular weight is 345 g/mol. The van der Waals surface area contributed by atoms with Gasteiger partial charge in [0.1, 0.15) is 39.3 Å². The molecule has 2 heterocycles. The van der Waals surface area contributed by atoms with E-state index in [1.165, 1.54) is 0 Å². The summed E-state index contributed by atoms with van der Waals surface area (Å²) in [6.07, 6.45) is 1.86. The molecule has 0 bridgehead atoms. The molecule has 25 heavy (non-hydrogen) atoms. The van der Waals surface area contributed by atoms with Crippen LogP contribution in [0, 0.1) is 0 Å². The maximum absolute atomic E-state index is 10.0. The van der Waals surface area contributed by atoms with E-state index in [4.69, 9.17) is 9.47 Å². The minimum absolute atomic E-state index is 0.0633. The predicted octanol–water partition coefficient (Wildman–Crippen LogP) is -0.712. The van der Waals surface area contributed by atoms with Gasteiger partial charge in [-0.25, -0.2) is 0 Å². The Bertz CT molecular complexity index is 661. The summed E-state index contributed by atoms with van der Waals surface area (Å²) >= 11 is 0. The van der Waals surface area contributed by atoms with E-state index in [1.807, 2.05) is 24.4 Å². The van der Waals surface area contributed by atoms with Crippen LogP contribution in [0.1, 0.15) is 11.3 Å². The number of hydrogen-bond acceptors (Lipinski definition) is 4. The van der Waals surface area contributed by atoms with Gasteiger partial charge in [0.2, 0.25) is 5.75 Å². The molecule has 0 atom stereocenters. The highest BCUT2D eigenvalue weighted by atomic mass is 16.5. The summed E-state index contributed by atoms with van der Waals surface area (Å²) in [7, 11) is 3.12. The summed E-state index contributed by atoms with van der Waals surface area (Å²) in [5, 5.41) is 10.0. The average Bonchev–Trinajstić information content (AvgIpc) is 2.65. The van der Waals surface area contributed by atoms with Gasteiger partial charge in [-0.3, -0.25) is 4.98 Å². The zero-order chi connectivity index (χ0) is 17.6. The van der Waals surface area contributed by atoms with Gasteiger partial charge in [0.15, 0.2) is 11.5 Å². The maximum Gasteiger partial charge on any atom is 0.200 e. The Hall–Kier alpha value is -2.31. The second-order valence-electron chi connectivity index (χ2n) is 6.52. The molecule has 1 aromatic carbocycles. The Morgan fingerprint density at radius 2 is 1.56 bits per heavy atom. The van der Waals surface area contributed by atoms with E-state index in [9.17, 15) is 5.11 Å². The molecule has 1 saturated heterocycles. The lowest BCUT2D eigenvalue weighted by molar-refractivity contribution is -1.02. The monoisotopic (exact) mass is 345 g/mol. The van der Waals surface area contributed by atoms with Crippen molar-refractivity contribution in [2.75, 3.05) is 40.4 Å². The third kappa shape index (κ3) is 4.41. The molecule has 6 heteroatoms. The molecule has 134 valence electrons. The van der Waals surface area contributed by atoms with E-state index in [-0.39, 0.29) is 5.75 Å². The summed E-state index contributed by atoms with van der Waals surface area (Å²) in [6.45, 7) is 6.41. The fraction of sp³-hybridized carbons (Fsp3) is 0.421. The van der Waals surface area contributed by atoms with Gasteiger partial charge in [-0.15, -0.1) is 0 Å². The number of quaternary nitrogens is 2. The molecule has 1 aliphatic heterocycles. The van der Waals surface area contributed by atoms with Crippen molar-refractivity contribution in [3.63, 3.8) is 0 Å². The first-order valence-electron chi connectivity index (χ1n) is 8.70. The van der Waals surface area contributed by atoms with Crippen LogP contribution in [0.25, 0.3) is 0 Å². The molecule has 0 unspecified atom stereocenters. The van der Waals surface area contributed by atoms with Crippen LogP contribution in [-0.2, 0) is 13.1 Å². The smallest absolute Gasteiger partial charge is 0.200 e. The number of pyridine rings is 1. The molecular formula is C19H27N3O3+2. The van der Waals surface area contributed by atoms with Crippen LogP contribution in [-0.4, -0.2) is 50.5 Å². The standard InChI is InChI=1S/C19H25N3O3/c1-24-17-11-15(12-18(25-2)19(17)23)13-21-7-9-22(10-8-21)14-16-5-3-4-6-20-16/h3-6,11-12,23H,7-10,13-14H2,1-2H3/p+2. The highest BCUT2D eigenvalue weighted by Gasteiger charge is 2.24. The first-order chi connectivity index (χ1) is 12.2. The number of hydrogen-bond donors (Lipinski definition) is 3. The zero-order valence-corrected chi connectivity index (χ0v) is 14.9. The first kappa shape index (κ1) is 17.5. The highest BCUT2D eigenvalue weighted by Crippen LogP contribution is 2.36. The van der Waals surface area contributed by atoms with Crippen molar-refractivity contribution in [3.8, 4) is 17.2 Å². The van der Waals surface area contributed by atoms with E-state index in [0.717, 1.165) is 50.5 Å². The van der Waals surface area contributed by atoms with Gasteiger partial charge in [0, 0.05) is 11.8 Å². The molecule has 1 aliphatic rings. The number of phenols is 1. The van der Waals surface area contributed by atoms with Crippen LogP contribution >= 0.6 is 0 Å². The first-order valence-corrected chi connectivity index (χ1v) is 8.70. The van der Waals surface area contributed by atoms with E-state index >= 15 is 0 Å². The number of methoxy groups -OCH3 is 2. The van der Waals surface area contributed by atoms with E-state index in [2.05, 4.69) is 17.1 Å². The summed E-state index contributed by atoms with van der Waals surface area (Å²) in [5.74, 6) is 0.995. The van der Waals surface area contributed by atoms with Gasteiger partial charge in [-0.1, -0.05) is 6.07 Å². The molecule has 3 rings (SSSR count). The van der Waals surface area contributed by atoms with Crippen molar-refractivity contribution in [2.45, 2.75) is 13.1 Å². The van der Waals surface area contributed by atoms with E-state index in [0.29, 0.717) is 11.5 Å². The normalized spacial score (nSPS) is 20.2. The summed E-state index contributed by atoms with van der Waals surface area (Å²) in [6, 6.07) is 9.91. The van der Waals surface area contributed by atoms with Gasteiger partial charge in [-0.2, -0.15) is 0 Å². The van der Waals surface area contributed by atoms with Gasteiger partial charge >= 0.3 is 0 Å². The molecule has 0 spiro atoms. The molecule has 0 aliphatic carbocycles. The number of nitrogens with one attached hydrogen (secondary N) is 2. The lowest BCUT2D eigenvalue weighted by Gasteiger charge is -2.29. The second-order valence-corrected chi connectivity index (χ2v) is 6.52. The van der Waals surface area contributed by atoms with Crippen molar-refractivity contribution >= 4 is 0 Å². The van der Waals surface area contributed by atoms with Gasteiger partial charge in [-0.05, 0) is 24.3 Å². The Labute approximate surface area is 148 Å². The molecule has 0 saturated carbocycles. The van der Waals surface area contributed by atoms with Crippen molar-refractivity contribution in [2.24, 2.45) is 0 Å². The Morgan fingerprint density at radius 1 is 0.960 bits per heavy atom. The summed E-state index contributed by atoms with van der Waals surface area (Å²) in [4.78, 5) is 7.55. The van der Waals surface area contributed by atoms with Crippen molar-refractivity contribution in [1.82, 2.24) is 4.98 Å². The Kier molecular flexibility index (Phi) is 5.73. The lowest BCUT2D eigenvalue weighted by atomic mass is 10.1. The number of piperazine rings is 1. The SMILES string of the molecule is COc1cc(C[NH+]2CC[NH+](Cc3ccccn3)CC2)cc(OC)c1O. The zero-order valence-electron chi connectivity index (χ0n) is 14.9. The van der Waals surface area contributed by atoms with E-state index in [1.54, 1.807) is 24.0 Å². The van der Waals surface area contributed by atoms with Gasteiger partial charge in [0.25, 0.3) is 0 Å². The number of nitrogens with zero attached hydrogens (tertiary/aromatic N) is 1. The van der Waals surface area contributed by atoms with Crippen LogP contribution in [0.5, 0.6) is 17.2 Å². The van der Waals surface area contributed by atoms with Crippen molar-refractivity contribution in [1.29, 1.82) is 0 Å². The fourth-order valence-corrected chi connectivity index (χ4v) is 3.41. The number of aromatic nitrogens is 1. The number of phenolic OH excluding ortho intramolecular Hbond substituents is 1. The Morgan fingerprint density at radius 3 is 2.08 bits per heavy atom. The van der Waals surface area contributed by atoms with Crippen molar-refractivity contribution in [3.05, 3.63) is 47.8 Å². The predicted molar refractivity (Wildman–Crippen MR) is 94.2 cm³/mol. The molecule has 6 nitrogen and oxygen atoms in total. The van der Waals surface area contributed by atoms with Gasteiger partial charge in [0.05, 0.1) is 19.9 Å². The minimum Gasteiger partial charge on any atom is -0.502 e. The van der Waals surface area contributed by atoms with Crippen LogP contribution in [0.4, 0.5) is 0 Å².